The summed E-state index contributed by atoms with van der Waals surface area (Å²) >= 11 is 5.08. The highest BCUT2D eigenvalue weighted by Crippen LogP contribution is 2.14. The molecule has 6 heteroatoms. The molecule has 1 aromatic carbocycles. The van der Waals surface area contributed by atoms with E-state index in [1.807, 2.05) is 31.2 Å². The molecule has 0 aromatic heterocycles. The topological polar surface area (TPSA) is 58.6 Å². The van der Waals surface area contributed by atoms with Gasteiger partial charge in [-0.25, -0.2) is 0 Å². The number of esters is 1. The number of thiocarbonyl (C=S) groups is 1. The lowest BCUT2D eigenvalue weighted by atomic mass is 10.1. The van der Waals surface area contributed by atoms with Gasteiger partial charge in [0.15, 0.2) is 5.11 Å². The zero-order valence-corrected chi connectivity index (χ0v) is 12.7. The number of carbonyl (C=O) groups is 2. The van der Waals surface area contributed by atoms with E-state index in [1.54, 1.807) is 13.0 Å². The summed E-state index contributed by atoms with van der Waals surface area (Å²) in [5.41, 5.74) is 2.38. The van der Waals surface area contributed by atoms with E-state index in [1.165, 1.54) is 4.90 Å². The highest BCUT2D eigenvalue weighted by Gasteiger charge is 2.32. The van der Waals surface area contributed by atoms with Gasteiger partial charge in [0, 0.05) is 0 Å². The van der Waals surface area contributed by atoms with E-state index >= 15 is 0 Å². The average molecular weight is 304 g/mol. The van der Waals surface area contributed by atoms with Crippen LogP contribution in [0.2, 0.25) is 0 Å². The van der Waals surface area contributed by atoms with Crippen LogP contribution in [0.5, 0.6) is 0 Å². The van der Waals surface area contributed by atoms with Crippen molar-refractivity contribution in [1.29, 1.82) is 0 Å². The molecule has 0 spiro atoms. The van der Waals surface area contributed by atoms with Gasteiger partial charge in [-0.2, -0.15) is 0 Å². The van der Waals surface area contributed by atoms with Crippen molar-refractivity contribution in [2.24, 2.45) is 0 Å². The van der Waals surface area contributed by atoms with E-state index < -0.39 is 5.97 Å². The first kappa shape index (κ1) is 15.2. The summed E-state index contributed by atoms with van der Waals surface area (Å²) in [5, 5.41) is 3.04. The fourth-order valence-electron chi connectivity index (χ4n) is 1.88. The molecule has 1 saturated heterocycles. The molecule has 1 aliphatic heterocycles. The van der Waals surface area contributed by atoms with E-state index in [2.05, 4.69) is 5.32 Å². The van der Waals surface area contributed by atoms with Crippen LogP contribution in [0.25, 0.3) is 6.08 Å². The molecule has 0 unspecified atom stereocenters. The first-order valence-corrected chi connectivity index (χ1v) is 6.99. The van der Waals surface area contributed by atoms with Crippen LogP contribution in [0.1, 0.15) is 18.1 Å². The first-order chi connectivity index (χ1) is 10.0. The summed E-state index contributed by atoms with van der Waals surface area (Å²) < 4.78 is 4.83. The van der Waals surface area contributed by atoms with Crippen molar-refractivity contribution in [2.75, 3.05) is 13.2 Å². The van der Waals surface area contributed by atoms with E-state index in [0.29, 0.717) is 5.70 Å². The zero-order valence-electron chi connectivity index (χ0n) is 11.9. The van der Waals surface area contributed by atoms with Gasteiger partial charge < -0.3 is 10.1 Å². The molecule has 21 heavy (non-hydrogen) atoms. The Morgan fingerprint density at radius 3 is 2.67 bits per heavy atom. The highest BCUT2D eigenvalue weighted by atomic mass is 32.1. The number of nitrogens with zero attached hydrogens (tertiary/aromatic N) is 1. The molecule has 1 amide bonds. The molecular formula is C15H16N2O3S. The number of hydrogen-bond donors (Lipinski definition) is 1. The third-order valence-electron chi connectivity index (χ3n) is 2.94. The minimum absolute atomic E-state index is 0.177. The number of nitrogens with one attached hydrogen (secondary N) is 1. The Hall–Kier alpha value is -2.21. The minimum Gasteiger partial charge on any atom is -0.465 e. The molecule has 5 nitrogen and oxygen atoms in total. The van der Waals surface area contributed by atoms with Crippen molar-refractivity contribution in [2.45, 2.75) is 13.8 Å². The van der Waals surface area contributed by atoms with Gasteiger partial charge in [-0.3, -0.25) is 14.5 Å². The Labute approximate surface area is 128 Å². The number of rotatable bonds is 4. The third kappa shape index (κ3) is 3.66. The van der Waals surface area contributed by atoms with Crippen LogP contribution in [0.3, 0.4) is 0 Å². The van der Waals surface area contributed by atoms with Gasteiger partial charge in [0.05, 0.1) is 6.61 Å². The standard InChI is InChI=1S/C15H16N2O3S/c1-3-20-13(18)9-17-14(19)12(16-15(17)21)8-11-6-4-10(2)5-7-11/h4-8H,3,9H2,1-2H3,(H,16,21)/b12-8-. The molecule has 110 valence electrons. The Morgan fingerprint density at radius 1 is 1.38 bits per heavy atom. The monoisotopic (exact) mass is 304 g/mol. The second kappa shape index (κ2) is 6.49. The van der Waals surface area contributed by atoms with Crippen molar-refractivity contribution >= 4 is 35.3 Å². The average Bonchev–Trinajstić information content (AvgIpc) is 2.69. The van der Waals surface area contributed by atoms with E-state index in [0.717, 1.165) is 11.1 Å². The van der Waals surface area contributed by atoms with Gasteiger partial charge in [-0.1, -0.05) is 29.8 Å². The van der Waals surface area contributed by atoms with E-state index in [9.17, 15) is 9.59 Å². The number of ether oxygens (including phenoxy) is 1. The Balaban J connectivity index is 2.13. The number of carbonyl (C=O) groups excluding carboxylic acids is 2. The maximum Gasteiger partial charge on any atom is 0.326 e. The molecule has 1 fully saturated rings. The van der Waals surface area contributed by atoms with Crippen LogP contribution in [-0.4, -0.2) is 35.0 Å². The Morgan fingerprint density at radius 2 is 2.05 bits per heavy atom. The molecule has 0 radical (unpaired) electrons. The normalized spacial score (nSPS) is 16.3. The molecule has 1 N–H and O–H groups in total. The molecule has 0 saturated carbocycles. The molecular weight excluding hydrogens is 288 g/mol. The van der Waals surface area contributed by atoms with Crippen LogP contribution < -0.4 is 5.32 Å². The molecule has 0 aliphatic carbocycles. The quantitative estimate of drug-likeness (QED) is 0.520. The van der Waals surface area contributed by atoms with Crippen molar-refractivity contribution in [3.63, 3.8) is 0 Å². The van der Waals surface area contributed by atoms with Gasteiger partial charge in [0.2, 0.25) is 0 Å². The van der Waals surface area contributed by atoms with Gasteiger partial charge in [-0.15, -0.1) is 0 Å². The molecule has 1 aromatic rings. The summed E-state index contributed by atoms with van der Waals surface area (Å²) in [4.78, 5) is 24.9. The van der Waals surface area contributed by atoms with Crippen LogP contribution in [0.15, 0.2) is 30.0 Å². The molecule has 0 atom stereocenters. The van der Waals surface area contributed by atoms with Crippen LogP contribution >= 0.6 is 12.2 Å². The maximum atomic E-state index is 12.2. The van der Waals surface area contributed by atoms with Crippen molar-refractivity contribution in [3.05, 3.63) is 41.1 Å². The first-order valence-electron chi connectivity index (χ1n) is 6.58. The van der Waals surface area contributed by atoms with Crippen LogP contribution in [0.4, 0.5) is 0 Å². The molecule has 0 bridgehead atoms. The summed E-state index contributed by atoms with van der Waals surface area (Å²) in [6, 6.07) is 7.74. The number of hydrogen-bond acceptors (Lipinski definition) is 4. The SMILES string of the molecule is CCOC(=O)CN1C(=O)/C(=C/c2ccc(C)cc2)NC1=S. The zero-order chi connectivity index (χ0) is 15.4. The number of aryl methyl sites for hydroxylation is 1. The fraction of sp³-hybridized carbons (Fsp3) is 0.267. The second-order valence-electron chi connectivity index (χ2n) is 4.60. The second-order valence-corrected chi connectivity index (χ2v) is 4.98. The Kier molecular flexibility index (Phi) is 4.70. The predicted molar refractivity (Wildman–Crippen MR) is 83.2 cm³/mol. The van der Waals surface area contributed by atoms with Crippen LogP contribution in [-0.2, 0) is 14.3 Å². The predicted octanol–water partition coefficient (Wildman–Crippen LogP) is 1.62. The van der Waals surface area contributed by atoms with Crippen molar-refractivity contribution < 1.29 is 14.3 Å². The van der Waals surface area contributed by atoms with E-state index in [4.69, 9.17) is 17.0 Å². The minimum atomic E-state index is -0.480. The van der Waals surface area contributed by atoms with E-state index in [-0.39, 0.29) is 24.2 Å². The van der Waals surface area contributed by atoms with Gasteiger partial charge in [0.1, 0.15) is 12.2 Å². The Bertz CT molecular complexity index is 608. The third-order valence-corrected chi connectivity index (χ3v) is 3.27. The lowest BCUT2D eigenvalue weighted by Crippen LogP contribution is -2.36. The van der Waals surface area contributed by atoms with Crippen molar-refractivity contribution in [3.8, 4) is 0 Å². The largest absolute Gasteiger partial charge is 0.465 e. The number of amides is 1. The summed E-state index contributed by atoms with van der Waals surface area (Å²) in [5.74, 6) is -0.805. The smallest absolute Gasteiger partial charge is 0.326 e. The lowest BCUT2D eigenvalue weighted by Gasteiger charge is -2.12. The fourth-order valence-corrected chi connectivity index (χ4v) is 2.14. The van der Waals surface area contributed by atoms with Crippen LogP contribution in [0, 0.1) is 6.92 Å². The molecule has 2 rings (SSSR count). The van der Waals surface area contributed by atoms with Gasteiger partial charge in [0.25, 0.3) is 5.91 Å². The molecule has 1 heterocycles. The molecule has 1 aliphatic rings. The summed E-state index contributed by atoms with van der Waals surface area (Å²) in [6.45, 7) is 3.80. The lowest BCUT2D eigenvalue weighted by molar-refractivity contribution is -0.145. The van der Waals surface area contributed by atoms with Gasteiger partial charge >= 0.3 is 5.97 Å². The summed E-state index contributed by atoms with van der Waals surface area (Å²) in [7, 11) is 0. The van der Waals surface area contributed by atoms with Gasteiger partial charge in [-0.05, 0) is 37.7 Å². The van der Waals surface area contributed by atoms with Crippen molar-refractivity contribution in [1.82, 2.24) is 10.2 Å². The highest BCUT2D eigenvalue weighted by molar-refractivity contribution is 7.80. The number of benzene rings is 1. The summed E-state index contributed by atoms with van der Waals surface area (Å²) in [6.07, 6.45) is 1.71. The maximum absolute atomic E-state index is 12.2.